The van der Waals surface area contributed by atoms with Crippen molar-refractivity contribution in [2.45, 2.75) is 33.3 Å². The Hall–Kier alpha value is -1.35. The number of pyridine rings is 1. The smallest absolute Gasteiger partial charge is 0.129 e. The highest BCUT2D eigenvalue weighted by Crippen LogP contribution is 2.16. The largest absolute Gasteiger partial charge is 0.392 e. The quantitative estimate of drug-likeness (QED) is 0.737. The Kier molecular flexibility index (Phi) is 5.70. The van der Waals surface area contributed by atoms with Gasteiger partial charge in [-0.15, -0.1) is 6.58 Å². The molecule has 1 N–H and O–H groups in total. The van der Waals surface area contributed by atoms with Crippen molar-refractivity contribution in [2.24, 2.45) is 0 Å². The standard InChI is InChI=1S/C14H22N2O/c1-4-7-16(8-5-2)14-10-12(11-17)9-13(6-3)15-14/h4,9-10,17H,1,5-8,11H2,2-3H3. The molecule has 0 amide bonds. The summed E-state index contributed by atoms with van der Waals surface area (Å²) in [5.41, 5.74) is 1.95. The van der Waals surface area contributed by atoms with Crippen molar-refractivity contribution in [1.82, 2.24) is 4.98 Å². The van der Waals surface area contributed by atoms with E-state index in [0.717, 1.165) is 43.0 Å². The minimum atomic E-state index is 0.0660. The van der Waals surface area contributed by atoms with Gasteiger partial charge in [-0.1, -0.05) is 19.9 Å². The van der Waals surface area contributed by atoms with Crippen molar-refractivity contribution in [2.75, 3.05) is 18.0 Å². The SMILES string of the molecule is C=CCN(CCC)c1cc(CO)cc(CC)n1. The predicted octanol–water partition coefficient (Wildman–Crippen LogP) is 2.54. The molecule has 0 aliphatic carbocycles. The van der Waals surface area contributed by atoms with Crippen LogP contribution in [0.2, 0.25) is 0 Å². The van der Waals surface area contributed by atoms with Gasteiger partial charge < -0.3 is 10.0 Å². The lowest BCUT2D eigenvalue weighted by Crippen LogP contribution is -2.25. The average molecular weight is 234 g/mol. The van der Waals surface area contributed by atoms with Crippen LogP contribution in [-0.4, -0.2) is 23.2 Å². The fraction of sp³-hybridized carbons (Fsp3) is 0.500. The molecule has 0 aromatic carbocycles. The van der Waals surface area contributed by atoms with Crippen molar-refractivity contribution in [1.29, 1.82) is 0 Å². The summed E-state index contributed by atoms with van der Waals surface area (Å²) in [6, 6.07) is 3.92. The van der Waals surface area contributed by atoms with Crippen molar-refractivity contribution in [3.63, 3.8) is 0 Å². The number of aliphatic hydroxyl groups is 1. The molecule has 0 bridgehead atoms. The lowest BCUT2D eigenvalue weighted by Gasteiger charge is -2.22. The van der Waals surface area contributed by atoms with Crippen LogP contribution in [0.1, 0.15) is 31.5 Å². The summed E-state index contributed by atoms with van der Waals surface area (Å²) in [6.45, 7) is 9.81. The van der Waals surface area contributed by atoms with Gasteiger partial charge in [0.05, 0.1) is 6.61 Å². The van der Waals surface area contributed by atoms with E-state index in [-0.39, 0.29) is 6.61 Å². The van der Waals surface area contributed by atoms with E-state index < -0.39 is 0 Å². The van der Waals surface area contributed by atoms with Gasteiger partial charge in [-0.05, 0) is 30.5 Å². The highest BCUT2D eigenvalue weighted by atomic mass is 16.3. The molecular weight excluding hydrogens is 212 g/mol. The van der Waals surface area contributed by atoms with E-state index in [2.05, 4.69) is 30.3 Å². The second kappa shape index (κ2) is 7.07. The van der Waals surface area contributed by atoms with Crippen LogP contribution in [0.3, 0.4) is 0 Å². The molecule has 1 heterocycles. The van der Waals surface area contributed by atoms with Crippen molar-refractivity contribution in [3.8, 4) is 0 Å². The number of anilines is 1. The number of aryl methyl sites for hydroxylation is 1. The van der Waals surface area contributed by atoms with E-state index >= 15 is 0 Å². The third kappa shape index (κ3) is 3.86. The monoisotopic (exact) mass is 234 g/mol. The fourth-order valence-electron chi connectivity index (χ4n) is 1.79. The van der Waals surface area contributed by atoms with Gasteiger partial charge in [0.1, 0.15) is 5.82 Å². The minimum absolute atomic E-state index is 0.0660. The van der Waals surface area contributed by atoms with Gasteiger partial charge >= 0.3 is 0 Å². The Labute approximate surface area is 104 Å². The van der Waals surface area contributed by atoms with Gasteiger partial charge in [0.25, 0.3) is 0 Å². The summed E-state index contributed by atoms with van der Waals surface area (Å²) in [5.74, 6) is 0.940. The molecule has 0 saturated heterocycles. The second-order valence-electron chi connectivity index (χ2n) is 4.07. The minimum Gasteiger partial charge on any atom is -0.392 e. The topological polar surface area (TPSA) is 36.4 Å². The van der Waals surface area contributed by atoms with Crippen molar-refractivity contribution in [3.05, 3.63) is 36.0 Å². The Bertz CT molecular complexity index is 341. The third-order valence-corrected chi connectivity index (χ3v) is 2.64. The van der Waals surface area contributed by atoms with Crippen LogP contribution in [0.5, 0.6) is 0 Å². The Morgan fingerprint density at radius 3 is 2.71 bits per heavy atom. The van der Waals surface area contributed by atoms with Crippen molar-refractivity contribution < 1.29 is 5.11 Å². The van der Waals surface area contributed by atoms with E-state index in [4.69, 9.17) is 0 Å². The van der Waals surface area contributed by atoms with Gasteiger partial charge in [0, 0.05) is 18.8 Å². The highest BCUT2D eigenvalue weighted by Gasteiger charge is 2.08. The molecule has 0 atom stereocenters. The molecule has 0 radical (unpaired) electrons. The maximum absolute atomic E-state index is 9.26. The number of nitrogens with zero attached hydrogens (tertiary/aromatic N) is 2. The van der Waals surface area contributed by atoms with Crippen LogP contribution in [0.25, 0.3) is 0 Å². The molecule has 0 saturated carbocycles. The van der Waals surface area contributed by atoms with Gasteiger partial charge in [0.15, 0.2) is 0 Å². The number of rotatable bonds is 7. The number of hydrogen-bond acceptors (Lipinski definition) is 3. The molecule has 0 spiro atoms. The van der Waals surface area contributed by atoms with Crippen LogP contribution in [0.15, 0.2) is 24.8 Å². The maximum Gasteiger partial charge on any atom is 0.129 e. The number of hydrogen-bond donors (Lipinski definition) is 1. The van der Waals surface area contributed by atoms with Crippen LogP contribution in [0, 0.1) is 0 Å². The normalized spacial score (nSPS) is 10.3. The van der Waals surface area contributed by atoms with E-state index in [9.17, 15) is 5.11 Å². The summed E-state index contributed by atoms with van der Waals surface area (Å²) in [5, 5.41) is 9.26. The first-order valence-corrected chi connectivity index (χ1v) is 6.21. The molecule has 0 unspecified atom stereocenters. The molecular formula is C14H22N2O. The van der Waals surface area contributed by atoms with Crippen LogP contribution >= 0.6 is 0 Å². The molecule has 3 nitrogen and oxygen atoms in total. The lowest BCUT2D eigenvalue weighted by atomic mass is 10.2. The molecule has 1 aromatic heterocycles. The first-order chi connectivity index (χ1) is 8.24. The molecule has 0 aliphatic rings. The molecule has 0 aliphatic heterocycles. The lowest BCUT2D eigenvalue weighted by molar-refractivity contribution is 0.281. The Balaban J connectivity index is 3.03. The summed E-state index contributed by atoms with van der Waals surface area (Å²) in [6.07, 6.45) is 3.84. The van der Waals surface area contributed by atoms with E-state index in [1.54, 1.807) is 0 Å². The molecule has 94 valence electrons. The Morgan fingerprint density at radius 1 is 1.41 bits per heavy atom. The predicted molar refractivity (Wildman–Crippen MR) is 72.2 cm³/mol. The van der Waals surface area contributed by atoms with E-state index in [1.165, 1.54) is 0 Å². The van der Waals surface area contributed by atoms with Gasteiger partial charge in [-0.3, -0.25) is 0 Å². The van der Waals surface area contributed by atoms with Crippen LogP contribution in [0.4, 0.5) is 5.82 Å². The summed E-state index contributed by atoms with van der Waals surface area (Å²) >= 11 is 0. The molecule has 0 fully saturated rings. The highest BCUT2D eigenvalue weighted by molar-refractivity contribution is 5.43. The molecule has 1 aromatic rings. The maximum atomic E-state index is 9.26. The fourth-order valence-corrected chi connectivity index (χ4v) is 1.79. The Morgan fingerprint density at radius 2 is 2.18 bits per heavy atom. The summed E-state index contributed by atoms with van der Waals surface area (Å²) in [4.78, 5) is 6.79. The van der Waals surface area contributed by atoms with E-state index in [1.807, 2.05) is 18.2 Å². The molecule has 17 heavy (non-hydrogen) atoms. The summed E-state index contributed by atoms with van der Waals surface area (Å²) in [7, 11) is 0. The zero-order valence-electron chi connectivity index (χ0n) is 10.8. The summed E-state index contributed by atoms with van der Waals surface area (Å²) < 4.78 is 0. The van der Waals surface area contributed by atoms with E-state index in [0.29, 0.717) is 0 Å². The average Bonchev–Trinajstić information content (AvgIpc) is 2.37. The third-order valence-electron chi connectivity index (χ3n) is 2.64. The second-order valence-corrected chi connectivity index (χ2v) is 4.07. The first-order valence-electron chi connectivity index (χ1n) is 6.21. The number of aliphatic hydroxyl groups excluding tert-OH is 1. The van der Waals surface area contributed by atoms with Gasteiger partial charge in [0.2, 0.25) is 0 Å². The van der Waals surface area contributed by atoms with Gasteiger partial charge in [-0.25, -0.2) is 4.98 Å². The zero-order chi connectivity index (χ0) is 12.7. The van der Waals surface area contributed by atoms with Crippen molar-refractivity contribution >= 4 is 5.82 Å². The molecule has 1 rings (SSSR count). The first kappa shape index (κ1) is 13.7. The van der Waals surface area contributed by atoms with Crippen LogP contribution < -0.4 is 4.90 Å². The van der Waals surface area contributed by atoms with Gasteiger partial charge in [-0.2, -0.15) is 0 Å². The van der Waals surface area contributed by atoms with Crippen LogP contribution in [-0.2, 0) is 13.0 Å². The number of aromatic nitrogens is 1. The zero-order valence-corrected chi connectivity index (χ0v) is 10.8. The molecule has 3 heteroatoms.